The smallest absolute Gasteiger partial charge is 0.0621 e. The average Bonchev–Trinajstić information content (AvgIpc) is 2.79. The molecule has 1 aromatic rings. The quantitative estimate of drug-likeness (QED) is 0.731. The third kappa shape index (κ3) is 1.16. The highest BCUT2D eigenvalue weighted by Crippen LogP contribution is 2.57. The van der Waals surface area contributed by atoms with Crippen molar-refractivity contribution in [2.24, 2.45) is 5.41 Å². The summed E-state index contributed by atoms with van der Waals surface area (Å²) >= 11 is 0. The molecule has 2 fully saturated rings. The SMILES string of the molecule is C=C1NC(c2ccccc2)C12CCCC2. The molecule has 0 radical (unpaired) electrons. The molecule has 1 N–H and O–H groups in total. The first-order valence-corrected chi connectivity index (χ1v) is 5.84. The van der Waals surface area contributed by atoms with E-state index in [9.17, 15) is 0 Å². The molecular formula is C14H17N. The van der Waals surface area contributed by atoms with Crippen LogP contribution >= 0.6 is 0 Å². The van der Waals surface area contributed by atoms with Gasteiger partial charge in [-0.1, -0.05) is 49.8 Å². The molecule has 1 heteroatoms. The van der Waals surface area contributed by atoms with Gasteiger partial charge in [0, 0.05) is 11.1 Å². The van der Waals surface area contributed by atoms with Gasteiger partial charge in [-0.2, -0.15) is 0 Å². The summed E-state index contributed by atoms with van der Waals surface area (Å²) in [7, 11) is 0. The first-order chi connectivity index (χ1) is 7.33. The van der Waals surface area contributed by atoms with E-state index in [0.29, 0.717) is 11.5 Å². The van der Waals surface area contributed by atoms with Crippen molar-refractivity contribution >= 4 is 0 Å². The summed E-state index contributed by atoms with van der Waals surface area (Å²) < 4.78 is 0. The monoisotopic (exact) mass is 199 g/mol. The Balaban J connectivity index is 1.93. The van der Waals surface area contributed by atoms with Gasteiger partial charge < -0.3 is 5.32 Å². The van der Waals surface area contributed by atoms with Crippen molar-refractivity contribution in [3.05, 3.63) is 48.2 Å². The Bertz CT molecular complexity index is 374. The Kier molecular flexibility index (Phi) is 1.88. The third-order valence-corrected chi connectivity index (χ3v) is 4.10. The first kappa shape index (κ1) is 9.02. The summed E-state index contributed by atoms with van der Waals surface area (Å²) in [6, 6.07) is 11.3. The molecule has 0 bridgehead atoms. The van der Waals surface area contributed by atoms with Crippen LogP contribution in [0.3, 0.4) is 0 Å². The van der Waals surface area contributed by atoms with Crippen molar-refractivity contribution in [2.75, 3.05) is 0 Å². The van der Waals surface area contributed by atoms with E-state index in [1.165, 1.54) is 36.9 Å². The molecule has 1 aliphatic carbocycles. The van der Waals surface area contributed by atoms with Crippen molar-refractivity contribution < 1.29 is 0 Å². The van der Waals surface area contributed by atoms with Crippen molar-refractivity contribution in [2.45, 2.75) is 31.7 Å². The van der Waals surface area contributed by atoms with E-state index >= 15 is 0 Å². The van der Waals surface area contributed by atoms with Crippen molar-refractivity contribution in [1.82, 2.24) is 5.32 Å². The molecule has 78 valence electrons. The van der Waals surface area contributed by atoms with E-state index in [0.717, 1.165) is 0 Å². The Morgan fingerprint density at radius 1 is 1.13 bits per heavy atom. The minimum absolute atomic E-state index is 0.390. The van der Waals surface area contributed by atoms with Crippen LogP contribution in [0.1, 0.15) is 37.3 Å². The van der Waals surface area contributed by atoms with Gasteiger partial charge in [-0.15, -0.1) is 0 Å². The zero-order valence-corrected chi connectivity index (χ0v) is 9.00. The van der Waals surface area contributed by atoms with Gasteiger partial charge in [0.2, 0.25) is 0 Å². The van der Waals surface area contributed by atoms with E-state index < -0.39 is 0 Å². The third-order valence-electron chi connectivity index (χ3n) is 4.10. The summed E-state index contributed by atoms with van der Waals surface area (Å²) in [6.07, 6.45) is 5.37. The number of hydrogen-bond acceptors (Lipinski definition) is 1. The standard InChI is InChI=1S/C14H17N/c1-11-14(9-5-6-10-14)13(15-11)12-7-3-2-4-8-12/h2-4,7-8,13,15H,1,5-6,9-10H2. The van der Waals surface area contributed by atoms with E-state index in [-0.39, 0.29) is 0 Å². The normalized spacial score (nSPS) is 27.5. The van der Waals surface area contributed by atoms with Crippen LogP contribution in [0.15, 0.2) is 42.6 Å². The molecule has 1 spiro atoms. The van der Waals surface area contributed by atoms with Gasteiger partial charge in [-0.3, -0.25) is 0 Å². The number of nitrogens with one attached hydrogen (secondary N) is 1. The maximum Gasteiger partial charge on any atom is 0.0621 e. The van der Waals surface area contributed by atoms with Crippen LogP contribution < -0.4 is 5.32 Å². The zero-order valence-electron chi connectivity index (χ0n) is 9.00. The van der Waals surface area contributed by atoms with Crippen LogP contribution in [-0.2, 0) is 0 Å². The van der Waals surface area contributed by atoms with Gasteiger partial charge >= 0.3 is 0 Å². The van der Waals surface area contributed by atoms with Crippen LogP contribution in [-0.4, -0.2) is 0 Å². The number of hydrogen-bond donors (Lipinski definition) is 1. The van der Waals surface area contributed by atoms with Crippen molar-refractivity contribution in [1.29, 1.82) is 0 Å². The highest BCUT2D eigenvalue weighted by atomic mass is 15.1. The molecule has 2 aliphatic rings. The van der Waals surface area contributed by atoms with E-state index in [1.54, 1.807) is 0 Å². The molecule has 15 heavy (non-hydrogen) atoms. The fourth-order valence-electron chi connectivity index (χ4n) is 3.20. The summed E-state index contributed by atoms with van der Waals surface area (Å²) in [5, 5.41) is 3.50. The number of benzene rings is 1. The highest BCUT2D eigenvalue weighted by Gasteiger charge is 2.51. The number of rotatable bonds is 1. The average molecular weight is 199 g/mol. The van der Waals surface area contributed by atoms with Crippen LogP contribution in [0.2, 0.25) is 0 Å². The Morgan fingerprint density at radius 3 is 2.40 bits per heavy atom. The minimum Gasteiger partial charge on any atom is -0.381 e. The molecule has 1 saturated heterocycles. The minimum atomic E-state index is 0.390. The van der Waals surface area contributed by atoms with Crippen LogP contribution in [0.25, 0.3) is 0 Å². The fraction of sp³-hybridized carbons (Fsp3) is 0.429. The Hall–Kier alpha value is -1.24. The predicted molar refractivity (Wildman–Crippen MR) is 62.4 cm³/mol. The highest BCUT2D eigenvalue weighted by molar-refractivity contribution is 5.35. The summed E-state index contributed by atoms with van der Waals surface area (Å²) in [4.78, 5) is 0. The summed E-state index contributed by atoms with van der Waals surface area (Å²) in [6.45, 7) is 4.16. The summed E-state index contributed by atoms with van der Waals surface area (Å²) in [5.74, 6) is 0. The van der Waals surface area contributed by atoms with Crippen LogP contribution in [0.5, 0.6) is 0 Å². The lowest BCUT2D eigenvalue weighted by molar-refractivity contribution is 0.156. The molecule has 1 nitrogen and oxygen atoms in total. The fourth-order valence-corrected chi connectivity index (χ4v) is 3.20. The maximum atomic E-state index is 4.16. The van der Waals surface area contributed by atoms with Crippen molar-refractivity contribution in [3.63, 3.8) is 0 Å². The van der Waals surface area contributed by atoms with Gasteiger partial charge in [0.05, 0.1) is 6.04 Å². The van der Waals surface area contributed by atoms with Gasteiger partial charge in [0.1, 0.15) is 0 Å². The van der Waals surface area contributed by atoms with E-state index in [2.05, 4.69) is 42.2 Å². The molecule has 1 heterocycles. The maximum absolute atomic E-state index is 4.16. The second-order valence-electron chi connectivity index (χ2n) is 4.83. The van der Waals surface area contributed by atoms with Gasteiger partial charge in [-0.25, -0.2) is 0 Å². The van der Waals surface area contributed by atoms with Crippen LogP contribution in [0, 0.1) is 5.41 Å². The molecule has 1 aliphatic heterocycles. The molecule has 1 saturated carbocycles. The first-order valence-electron chi connectivity index (χ1n) is 5.84. The van der Waals surface area contributed by atoms with E-state index in [1.807, 2.05) is 0 Å². The lowest BCUT2D eigenvalue weighted by Crippen LogP contribution is -2.51. The molecule has 1 atom stereocenters. The molecular weight excluding hydrogens is 182 g/mol. The van der Waals surface area contributed by atoms with Crippen molar-refractivity contribution in [3.8, 4) is 0 Å². The second kappa shape index (κ2) is 3.13. The molecule has 3 rings (SSSR count). The van der Waals surface area contributed by atoms with Crippen LogP contribution in [0.4, 0.5) is 0 Å². The molecule has 0 aromatic heterocycles. The second-order valence-corrected chi connectivity index (χ2v) is 4.83. The van der Waals surface area contributed by atoms with Gasteiger partial charge in [-0.05, 0) is 18.4 Å². The van der Waals surface area contributed by atoms with Gasteiger partial charge in [0.25, 0.3) is 0 Å². The molecule has 1 unspecified atom stereocenters. The van der Waals surface area contributed by atoms with E-state index in [4.69, 9.17) is 0 Å². The zero-order chi connectivity index (χ0) is 10.3. The molecule has 1 aromatic carbocycles. The lowest BCUT2D eigenvalue weighted by Gasteiger charge is -2.51. The summed E-state index contributed by atoms with van der Waals surface area (Å²) in [5.41, 5.74) is 3.09. The topological polar surface area (TPSA) is 12.0 Å². The predicted octanol–water partition coefficient (Wildman–Crippen LogP) is 3.41. The molecule has 0 amide bonds. The van der Waals surface area contributed by atoms with Gasteiger partial charge in [0.15, 0.2) is 0 Å². The largest absolute Gasteiger partial charge is 0.381 e. The Morgan fingerprint density at radius 2 is 1.80 bits per heavy atom. The lowest BCUT2D eigenvalue weighted by atomic mass is 9.67. The Labute approximate surface area is 91.2 Å².